The van der Waals surface area contributed by atoms with Gasteiger partial charge in [0.15, 0.2) is 5.75 Å². The molecule has 0 saturated carbocycles. The third kappa shape index (κ3) is 8.59. The number of hydrogen-bond donors (Lipinski definition) is 1. The minimum Gasteiger partial charge on any atom is -0.489 e. The molecule has 1 unspecified atom stereocenters. The number of alkyl halides is 3. The Labute approximate surface area is 245 Å². The topological polar surface area (TPSA) is 137 Å². The summed E-state index contributed by atoms with van der Waals surface area (Å²) >= 11 is 6.03. The summed E-state index contributed by atoms with van der Waals surface area (Å²) in [5.74, 6) is -0.805. The van der Waals surface area contributed by atoms with Crippen LogP contribution in [0.1, 0.15) is 32.3 Å². The van der Waals surface area contributed by atoms with Gasteiger partial charge in [0.25, 0.3) is 0 Å². The minimum absolute atomic E-state index is 0.0114. The van der Waals surface area contributed by atoms with E-state index in [1.54, 1.807) is 6.92 Å². The molecule has 1 fully saturated rings. The van der Waals surface area contributed by atoms with Crippen LogP contribution in [0.15, 0.2) is 30.5 Å². The van der Waals surface area contributed by atoms with Crippen LogP contribution >= 0.6 is 11.6 Å². The van der Waals surface area contributed by atoms with Crippen molar-refractivity contribution in [1.82, 2.24) is 14.6 Å². The molecule has 2 amide bonds. The average molecular weight is 639 g/mol. The molecule has 3 rings (SSSR count). The molecule has 0 radical (unpaired) electrons. The number of carbonyl (C=O) groups excluding carboxylic acids is 2. The molecule has 0 bridgehead atoms. The molecule has 17 heteroatoms. The number of halogens is 4. The average Bonchev–Trinajstić information content (AvgIpc) is 3.37. The van der Waals surface area contributed by atoms with Crippen LogP contribution in [-0.2, 0) is 30.2 Å². The van der Waals surface area contributed by atoms with Crippen LogP contribution in [0.3, 0.4) is 0 Å². The normalized spacial score (nSPS) is 15.7. The molecule has 1 atom stereocenters. The number of ether oxygens (including phenoxy) is 3. The zero-order chi connectivity index (χ0) is 31.1. The second kappa shape index (κ2) is 14.2. The highest BCUT2D eigenvalue weighted by molar-refractivity contribution is 7.84. The van der Waals surface area contributed by atoms with Crippen LogP contribution in [0.4, 0.5) is 23.7 Å². The van der Waals surface area contributed by atoms with Gasteiger partial charge < -0.3 is 23.7 Å². The van der Waals surface area contributed by atoms with Crippen molar-refractivity contribution >= 4 is 39.6 Å². The number of nitrogens with one attached hydrogen (secondary N) is 1. The van der Waals surface area contributed by atoms with Crippen molar-refractivity contribution in [1.29, 1.82) is 0 Å². The highest BCUT2D eigenvalue weighted by Gasteiger charge is 2.37. The first kappa shape index (κ1) is 33.2. The molecule has 1 saturated heterocycles. The minimum atomic E-state index is -4.69. The maximum absolute atomic E-state index is 13.4. The third-order valence-electron chi connectivity index (χ3n) is 5.84. The smallest absolute Gasteiger partial charge is 0.431 e. The number of para-hydroxylation sites is 1. The summed E-state index contributed by atoms with van der Waals surface area (Å²) in [4.78, 5) is 29.4. The van der Waals surface area contributed by atoms with Crippen LogP contribution in [0.5, 0.6) is 17.4 Å². The van der Waals surface area contributed by atoms with Crippen molar-refractivity contribution in [2.24, 2.45) is 0 Å². The van der Waals surface area contributed by atoms with Gasteiger partial charge in [0.05, 0.1) is 12.2 Å². The van der Waals surface area contributed by atoms with Gasteiger partial charge >= 0.3 is 22.6 Å². The van der Waals surface area contributed by atoms with Crippen molar-refractivity contribution in [2.75, 3.05) is 44.9 Å². The predicted octanol–water partition coefficient (Wildman–Crippen LogP) is 4.38. The number of amides is 2. The standard InChI is InChI=1S/C25H30ClF3N4O8S/c1-4-9-33(24(35)41-42(36,37)32-10-8-18(15-32)31-16(2)34)22-20(39-12-11-38-3)6-5-7-21(22)40-23-19(26)13-17(14-30-23)25(27,28)29/h5-7,13-14,18H,4,8-12,15H2,1-3H3,(H,31,34). The first-order valence-electron chi connectivity index (χ1n) is 12.7. The zero-order valence-corrected chi connectivity index (χ0v) is 24.5. The Morgan fingerprint density at radius 1 is 1.24 bits per heavy atom. The van der Waals surface area contributed by atoms with Gasteiger partial charge in [-0.15, -0.1) is 0 Å². The van der Waals surface area contributed by atoms with Gasteiger partial charge in [0, 0.05) is 45.9 Å². The van der Waals surface area contributed by atoms with Crippen molar-refractivity contribution in [2.45, 2.75) is 38.9 Å². The lowest BCUT2D eigenvalue weighted by Gasteiger charge is -2.26. The van der Waals surface area contributed by atoms with E-state index in [1.165, 1.54) is 32.2 Å². The summed E-state index contributed by atoms with van der Waals surface area (Å²) in [5.41, 5.74) is -1.17. The molecule has 42 heavy (non-hydrogen) atoms. The Balaban J connectivity index is 1.97. The summed E-state index contributed by atoms with van der Waals surface area (Å²) in [6.45, 7) is 3.06. The third-order valence-corrected chi connectivity index (χ3v) is 7.43. The summed E-state index contributed by atoms with van der Waals surface area (Å²) < 4.78 is 87.7. The molecule has 1 N–H and O–H groups in total. The largest absolute Gasteiger partial charge is 0.489 e. The molecule has 1 aromatic heterocycles. The van der Waals surface area contributed by atoms with E-state index in [0.717, 1.165) is 9.21 Å². The number of methoxy groups -OCH3 is 1. The predicted molar refractivity (Wildman–Crippen MR) is 145 cm³/mol. The van der Waals surface area contributed by atoms with Gasteiger partial charge in [-0.1, -0.05) is 24.6 Å². The first-order valence-corrected chi connectivity index (χ1v) is 14.4. The quantitative estimate of drug-likeness (QED) is 0.336. The molecule has 0 spiro atoms. The Morgan fingerprint density at radius 3 is 2.57 bits per heavy atom. The van der Waals surface area contributed by atoms with E-state index in [-0.39, 0.29) is 55.9 Å². The van der Waals surface area contributed by atoms with Gasteiger partial charge in [-0.3, -0.25) is 9.69 Å². The van der Waals surface area contributed by atoms with E-state index in [4.69, 9.17) is 30.0 Å². The molecule has 232 valence electrons. The SMILES string of the molecule is CCCN(C(=O)OS(=O)(=O)N1CCC(NC(C)=O)C1)c1c(OCCOC)cccc1Oc1ncc(C(F)(F)F)cc1Cl. The first-order chi connectivity index (χ1) is 19.8. The number of hydrogen-bond acceptors (Lipinski definition) is 9. The van der Waals surface area contributed by atoms with Gasteiger partial charge in [-0.2, -0.15) is 25.9 Å². The lowest BCUT2D eigenvalue weighted by atomic mass is 10.2. The molecule has 1 aromatic carbocycles. The van der Waals surface area contributed by atoms with Crippen molar-refractivity contribution < 1.29 is 49.6 Å². The highest BCUT2D eigenvalue weighted by Crippen LogP contribution is 2.42. The van der Waals surface area contributed by atoms with Gasteiger partial charge in [-0.05, 0) is 31.0 Å². The van der Waals surface area contributed by atoms with Crippen LogP contribution in [0.2, 0.25) is 5.02 Å². The van der Waals surface area contributed by atoms with E-state index >= 15 is 0 Å². The van der Waals surface area contributed by atoms with Crippen LogP contribution in [0, 0.1) is 0 Å². The van der Waals surface area contributed by atoms with E-state index in [2.05, 4.69) is 10.3 Å². The summed E-state index contributed by atoms with van der Waals surface area (Å²) in [6, 6.07) is 4.52. The molecular formula is C25H30ClF3N4O8S. The lowest BCUT2D eigenvalue weighted by molar-refractivity contribution is -0.137. The monoisotopic (exact) mass is 638 g/mol. The summed E-state index contributed by atoms with van der Waals surface area (Å²) in [5, 5.41) is 2.16. The van der Waals surface area contributed by atoms with Crippen molar-refractivity contribution in [3.05, 3.63) is 41.0 Å². The lowest BCUT2D eigenvalue weighted by Crippen LogP contribution is -2.41. The summed E-state index contributed by atoms with van der Waals surface area (Å²) in [7, 11) is -3.13. The molecule has 1 aliphatic heterocycles. The number of anilines is 1. The van der Waals surface area contributed by atoms with E-state index in [9.17, 15) is 31.2 Å². The Hall–Kier alpha value is -3.34. The number of benzene rings is 1. The number of pyridine rings is 1. The molecule has 2 aromatic rings. The second-order valence-electron chi connectivity index (χ2n) is 9.06. The van der Waals surface area contributed by atoms with Gasteiger partial charge in [0.2, 0.25) is 11.8 Å². The highest BCUT2D eigenvalue weighted by atomic mass is 35.5. The molecule has 2 heterocycles. The zero-order valence-electron chi connectivity index (χ0n) is 22.9. The number of nitrogens with zero attached hydrogens (tertiary/aromatic N) is 3. The van der Waals surface area contributed by atoms with Crippen molar-refractivity contribution in [3.63, 3.8) is 0 Å². The van der Waals surface area contributed by atoms with Gasteiger partial charge in [0.1, 0.15) is 23.1 Å². The number of aromatic nitrogens is 1. The number of rotatable bonds is 12. The summed E-state index contributed by atoms with van der Waals surface area (Å²) in [6.07, 6.45) is -4.80. The Kier molecular flexibility index (Phi) is 11.2. The Morgan fingerprint density at radius 2 is 1.95 bits per heavy atom. The fraction of sp³-hybridized carbons (Fsp3) is 0.480. The maximum atomic E-state index is 13.4. The molecule has 0 aliphatic carbocycles. The van der Waals surface area contributed by atoms with Gasteiger partial charge in [-0.25, -0.2) is 9.78 Å². The van der Waals surface area contributed by atoms with Crippen molar-refractivity contribution in [3.8, 4) is 17.4 Å². The Bertz CT molecular complexity index is 1380. The fourth-order valence-electron chi connectivity index (χ4n) is 4.00. The van der Waals surface area contributed by atoms with Crippen LogP contribution in [-0.4, -0.2) is 75.7 Å². The molecule has 12 nitrogen and oxygen atoms in total. The molecular weight excluding hydrogens is 609 g/mol. The van der Waals surface area contributed by atoms with E-state index in [0.29, 0.717) is 25.1 Å². The number of carbonyl (C=O) groups is 2. The fourth-order valence-corrected chi connectivity index (χ4v) is 5.28. The molecule has 1 aliphatic rings. The van der Waals surface area contributed by atoms with E-state index in [1.807, 2.05) is 0 Å². The van der Waals surface area contributed by atoms with Crippen LogP contribution < -0.4 is 19.7 Å². The maximum Gasteiger partial charge on any atom is 0.431 e. The second-order valence-corrected chi connectivity index (χ2v) is 11.0. The van der Waals surface area contributed by atoms with E-state index < -0.39 is 45.1 Å². The van der Waals surface area contributed by atoms with Crippen LogP contribution in [0.25, 0.3) is 0 Å².